The first kappa shape index (κ1) is 13.2. The second kappa shape index (κ2) is 5.15. The number of nitrogens with zero attached hydrogens (tertiary/aromatic N) is 5. The van der Waals surface area contributed by atoms with E-state index < -0.39 is 10.9 Å². The molecule has 0 spiro atoms. The molecule has 0 unspecified atom stereocenters. The maximum absolute atomic E-state index is 11.2. The molecule has 9 nitrogen and oxygen atoms in total. The first-order valence-corrected chi connectivity index (χ1v) is 5.25. The highest BCUT2D eigenvalue weighted by molar-refractivity contribution is 5.84. The van der Waals surface area contributed by atoms with Crippen molar-refractivity contribution < 1.29 is 14.5 Å². The third-order valence-electron chi connectivity index (χ3n) is 2.42. The zero-order chi connectivity index (χ0) is 14.7. The van der Waals surface area contributed by atoms with Crippen molar-refractivity contribution in [3.05, 3.63) is 46.0 Å². The van der Waals surface area contributed by atoms with Gasteiger partial charge in [0.25, 0.3) is 11.5 Å². The zero-order valence-corrected chi connectivity index (χ0v) is 10.2. The van der Waals surface area contributed by atoms with Gasteiger partial charge in [-0.15, -0.1) is 5.10 Å². The largest absolute Gasteiger partial charge is 0.463 e. The summed E-state index contributed by atoms with van der Waals surface area (Å²) >= 11 is 0. The average molecular weight is 273 g/mol. The van der Waals surface area contributed by atoms with Crippen LogP contribution in [-0.2, 0) is 4.74 Å². The van der Waals surface area contributed by atoms with Gasteiger partial charge in [-0.3, -0.25) is 10.1 Å². The molecule has 9 heteroatoms. The molecule has 0 amide bonds. The molecule has 2 rings (SSSR count). The van der Waals surface area contributed by atoms with Gasteiger partial charge in [0.1, 0.15) is 18.0 Å². The molecule has 0 atom stereocenters. The van der Waals surface area contributed by atoms with Crippen molar-refractivity contribution in [2.24, 2.45) is 0 Å². The predicted molar refractivity (Wildman–Crippen MR) is 64.1 cm³/mol. The Morgan fingerprint density at radius 1 is 1.55 bits per heavy atom. The maximum atomic E-state index is 11.2. The lowest BCUT2D eigenvalue weighted by molar-refractivity contribution is -0.385. The van der Waals surface area contributed by atoms with Gasteiger partial charge in [0.15, 0.2) is 0 Å². The Hall–Kier alpha value is -3.28. The van der Waals surface area contributed by atoms with E-state index in [1.165, 1.54) is 36.3 Å². The number of nitro groups is 1. The van der Waals surface area contributed by atoms with Crippen molar-refractivity contribution >= 4 is 11.7 Å². The summed E-state index contributed by atoms with van der Waals surface area (Å²) in [7, 11) is 1.19. The molecule has 0 aliphatic carbocycles. The fourth-order valence-electron chi connectivity index (χ4n) is 1.48. The summed E-state index contributed by atoms with van der Waals surface area (Å²) < 4.78 is 5.64. The molecule has 0 fully saturated rings. The molecule has 100 valence electrons. The van der Waals surface area contributed by atoms with Crippen molar-refractivity contribution in [3.63, 3.8) is 0 Å². The third kappa shape index (κ3) is 2.30. The molecule has 1 heterocycles. The Balaban J connectivity index is 2.46. The van der Waals surface area contributed by atoms with Crippen LogP contribution in [0.1, 0.15) is 16.2 Å². The number of rotatable bonds is 3. The minimum Gasteiger partial charge on any atom is -0.463 e. The van der Waals surface area contributed by atoms with Crippen LogP contribution in [0, 0.1) is 21.4 Å². The summed E-state index contributed by atoms with van der Waals surface area (Å²) in [5.41, 5.74) is -0.106. The van der Waals surface area contributed by atoms with E-state index in [4.69, 9.17) is 5.26 Å². The molecule has 0 bridgehead atoms. The molecule has 0 saturated carbocycles. The smallest absolute Gasteiger partial charge is 0.377 e. The number of carbonyl (C=O) groups excluding carboxylic acids is 1. The summed E-state index contributed by atoms with van der Waals surface area (Å²) in [6.45, 7) is 0. The van der Waals surface area contributed by atoms with Crippen LogP contribution in [0.3, 0.4) is 0 Å². The van der Waals surface area contributed by atoms with Gasteiger partial charge in [-0.25, -0.2) is 14.5 Å². The highest BCUT2D eigenvalue weighted by atomic mass is 16.6. The van der Waals surface area contributed by atoms with Gasteiger partial charge in [-0.05, 0) is 12.1 Å². The molecule has 0 aliphatic rings. The van der Waals surface area contributed by atoms with Crippen LogP contribution in [0.5, 0.6) is 0 Å². The number of esters is 1. The quantitative estimate of drug-likeness (QED) is 0.460. The number of carbonyl (C=O) groups is 1. The van der Waals surface area contributed by atoms with E-state index in [2.05, 4.69) is 14.8 Å². The average Bonchev–Trinajstić information content (AvgIpc) is 2.95. The molecule has 20 heavy (non-hydrogen) atoms. The summed E-state index contributed by atoms with van der Waals surface area (Å²) in [6.07, 6.45) is 1.22. The number of nitro benzene ring substituents is 1. The van der Waals surface area contributed by atoms with Gasteiger partial charge in [0.2, 0.25) is 0 Å². The number of hydrogen-bond acceptors (Lipinski definition) is 7. The first-order chi connectivity index (χ1) is 9.56. The lowest BCUT2D eigenvalue weighted by atomic mass is 10.2. The van der Waals surface area contributed by atoms with Crippen molar-refractivity contribution in [2.45, 2.75) is 0 Å². The standard InChI is InChI=1S/C11H7N5O4/c1-20-11(17)10-13-6-15(14-10)8-3-2-7(5-12)9(4-8)16(18)19/h2-4,6H,1H3. The summed E-state index contributed by atoms with van der Waals surface area (Å²) in [4.78, 5) is 25.1. The molecular weight excluding hydrogens is 266 g/mol. The number of hydrogen-bond donors (Lipinski definition) is 0. The zero-order valence-electron chi connectivity index (χ0n) is 10.2. The number of ether oxygens (including phenoxy) is 1. The van der Waals surface area contributed by atoms with E-state index in [1.54, 1.807) is 6.07 Å². The van der Waals surface area contributed by atoms with Crippen molar-refractivity contribution in [3.8, 4) is 11.8 Å². The lowest BCUT2D eigenvalue weighted by Gasteiger charge is -2.01. The van der Waals surface area contributed by atoms with Crippen LogP contribution >= 0.6 is 0 Å². The molecular formula is C11H7N5O4. The van der Waals surface area contributed by atoms with Gasteiger partial charge in [-0.1, -0.05) is 0 Å². The number of benzene rings is 1. The molecule has 0 aliphatic heterocycles. The number of aromatic nitrogens is 3. The molecule has 1 aromatic heterocycles. The van der Waals surface area contributed by atoms with Gasteiger partial charge >= 0.3 is 5.97 Å². The minimum atomic E-state index is -0.716. The van der Waals surface area contributed by atoms with Crippen LogP contribution in [-0.4, -0.2) is 32.8 Å². The van der Waals surface area contributed by atoms with Crippen LogP contribution in [0.4, 0.5) is 5.69 Å². The third-order valence-corrected chi connectivity index (χ3v) is 2.42. The van der Waals surface area contributed by atoms with E-state index in [1.807, 2.05) is 0 Å². The first-order valence-electron chi connectivity index (χ1n) is 5.25. The van der Waals surface area contributed by atoms with Gasteiger partial charge in [0.05, 0.1) is 17.7 Å². The van der Waals surface area contributed by atoms with Crippen molar-refractivity contribution in [1.29, 1.82) is 5.26 Å². The minimum absolute atomic E-state index is 0.0629. The molecule has 1 aromatic carbocycles. The SMILES string of the molecule is COC(=O)c1ncn(-c2ccc(C#N)c([N+](=O)[O-])c2)n1. The highest BCUT2D eigenvalue weighted by Crippen LogP contribution is 2.21. The fourth-order valence-corrected chi connectivity index (χ4v) is 1.48. The van der Waals surface area contributed by atoms with E-state index in [0.29, 0.717) is 5.69 Å². The van der Waals surface area contributed by atoms with Gasteiger partial charge in [-0.2, -0.15) is 5.26 Å². The normalized spacial score (nSPS) is 9.80. The Morgan fingerprint density at radius 3 is 2.90 bits per heavy atom. The second-order valence-corrected chi connectivity index (χ2v) is 3.57. The molecule has 0 N–H and O–H groups in total. The summed E-state index contributed by atoms with van der Waals surface area (Å²) in [5.74, 6) is -0.883. The van der Waals surface area contributed by atoms with E-state index in [-0.39, 0.29) is 17.1 Å². The Morgan fingerprint density at radius 2 is 2.30 bits per heavy atom. The van der Waals surface area contributed by atoms with Crippen LogP contribution < -0.4 is 0 Å². The summed E-state index contributed by atoms with van der Waals surface area (Å²) in [5, 5.41) is 23.5. The Labute approximate surface area is 112 Å². The van der Waals surface area contributed by atoms with Crippen molar-refractivity contribution in [2.75, 3.05) is 7.11 Å². The molecule has 0 radical (unpaired) electrons. The fraction of sp³-hybridized carbons (Fsp3) is 0.0909. The summed E-state index contributed by atoms with van der Waals surface area (Å²) in [6, 6.07) is 5.66. The Bertz CT molecular complexity index is 731. The van der Waals surface area contributed by atoms with Crippen molar-refractivity contribution in [1.82, 2.24) is 14.8 Å². The van der Waals surface area contributed by atoms with E-state index >= 15 is 0 Å². The maximum Gasteiger partial charge on any atom is 0.377 e. The van der Waals surface area contributed by atoms with Gasteiger partial charge < -0.3 is 4.74 Å². The Kier molecular flexibility index (Phi) is 3.39. The highest BCUT2D eigenvalue weighted by Gasteiger charge is 2.17. The van der Waals surface area contributed by atoms with E-state index in [0.717, 1.165) is 0 Å². The lowest BCUT2D eigenvalue weighted by Crippen LogP contribution is -2.05. The van der Waals surface area contributed by atoms with Crippen LogP contribution in [0.15, 0.2) is 24.5 Å². The van der Waals surface area contributed by atoms with Gasteiger partial charge in [0, 0.05) is 6.07 Å². The predicted octanol–water partition coefficient (Wildman–Crippen LogP) is 0.834. The topological polar surface area (TPSA) is 124 Å². The number of nitriles is 1. The van der Waals surface area contributed by atoms with Crippen LogP contribution in [0.2, 0.25) is 0 Å². The number of methoxy groups -OCH3 is 1. The molecule has 2 aromatic rings. The molecule has 0 saturated heterocycles. The monoisotopic (exact) mass is 273 g/mol. The van der Waals surface area contributed by atoms with E-state index in [9.17, 15) is 14.9 Å². The van der Waals surface area contributed by atoms with Crippen LogP contribution in [0.25, 0.3) is 5.69 Å². The second-order valence-electron chi connectivity index (χ2n) is 3.57.